The van der Waals surface area contributed by atoms with Gasteiger partial charge in [0, 0.05) is 11.1 Å². The molecule has 0 amide bonds. The molecule has 0 unspecified atom stereocenters. The third-order valence-corrected chi connectivity index (χ3v) is 8.61. The van der Waals surface area contributed by atoms with Gasteiger partial charge < -0.3 is 19.1 Å². The summed E-state index contributed by atoms with van der Waals surface area (Å²) in [6.07, 6.45) is 1.94. The van der Waals surface area contributed by atoms with E-state index in [0.29, 0.717) is 51.1 Å². The molecule has 2 aliphatic heterocycles. The van der Waals surface area contributed by atoms with E-state index in [0.717, 1.165) is 46.2 Å². The van der Waals surface area contributed by atoms with Gasteiger partial charge in [-0.25, -0.2) is 9.59 Å². The quantitative estimate of drug-likeness (QED) is 0.138. The summed E-state index contributed by atoms with van der Waals surface area (Å²) in [7, 11) is 0. The Balaban J connectivity index is 0.987. The summed E-state index contributed by atoms with van der Waals surface area (Å²) in [5.41, 5.74) is 8.53. The molecule has 52 heavy (non-hydrogen) atoms. The van der Waals surface area contributed by atoms with Crippen molar-refractivity contribution < 1.29 is 28.7 Å². The van der Waals surface area contributed by atoms with Gasteiger partial charge >= 0.3 is 11.9 Å². The number of hydrogen-bond acceptors (Lipinski definition) is 10. The molecule has 0 aliphatic carbocycles. The van der Waals surface area contributed by atoms with Gasteiger partial charge in [0.05, 0.1) is 51.6 Å². The number of rotatable bonds is 14. The average Bonchev–Trinajstić information content (AvgIpc) is 3.81. The van der Waals surface area contributed by atoms with Crippen LogP contribution in [0.25, 0.3) is 0 Å². The molecule has 2 aliphatic rings. The van der Waals surface area contributed by atoms with E-state index in [9.17, 15) is 9.59 Å². The van der Waals surface area contributed by atoms with Gasteiger partial charge in [0.15, 0.2) is 11.7 Å². The molecule has 0 aromatic heterocycles. The molecule has 6 rings (SSSR count). The first-order valence-corrected chi connectivity index (χ1v) is 17.9. The third kappa shape index (κ3) is 9.92. The Morgan fingerprint density at radius 1 is 0.519 bits per heavy atom. The van der Waals surface area contributed by atoms with E-state index in [-0.39, 0.29) is 12.2 Å². The second-order valence-electron chi connectivity index (χ2n) is 13.5. The van der Waals surface area contributed by atoms with Crippen molar-refractivity contribution in [3.05, 3.63) is 142 Å². The van der Waals surface area contributed by atoms with E-state index < -0.39 is 11.9 Å². The zero-order valence-electron chi connectivity index (χ0n) is 30.3. The standard InChI is InChI=1S/C42H46N4O6/c1-29(2)49-27-35-9-5-31(6-10-35)25-33-13-17-37(18-14-33)39-43-21-23-45(39)51-41(47)42(48)52-46-24-22-44-40(46)38-19-15-34(16-20-38)26-32-7-11-36(12-8-32)28-50-30(3)4/h5-20,29-30H,21-28H2,1-4H3. The van der Waals surface area contributed by atoms with Crippen LogP contribution in [0.1, 0.15) is 72.2 Å². The predicted octanol–water partition coefficient (Wildman–Crippen LogP) is 6.46. The fourth-order valence-corrected chi connectivity index (χ4v) is 5.83. The fraction of sp³-hybridized carbons (Fsp3) is 0.333. The smallest absolute Gasteiger partial charge is 0.374 e. The molecule has 0 bridgehead atoms. The Morgan fingerprint density at radius 3 is 1.15 bits per heavy atom. The highest BCUT2D eigenvalue weighted by Crippen LogP contribution is 2.19. The molecule has 0 spiro atoms. The van der Waals surface area contributed by atoms with Crippen LogP contribution < -0.4 is 0 Å². The number of hydroxylamine groups is 4. The molecule has 10 nitrogen and oxygen atoms in total. The number of carbonyl (C=O) groups excluding carboxylic acids is 2. The van der Waals surface area contributed by atoms with Crippen molar-refractivity contribution in [2.24, 2.45) is 9.98 Å². The van der Waals surface area contributed by atoms with E-state index in [1.165, 1.54) is 21.3 Å². The van der Waals surface area contributed by atoms with Gasteiger partial charge in [-0.3, -0.25) is 9.98 Å². The minimum atomic E-state index is -1.13. The zero-order valence-corrected chi connectivity index (χ0v) is 30.3. The van der Waals surface area contributed by atoms with Crippen molar-refractivity contribution in [2.45, 2.75) is 66.0 Å². The molecule has 0 N–H and O–H groups in total. The molecular weight excluding hydrogens is 656 g/mol. The number of nitrogens with zero attached hydrogens (tertiary/aromatic N) is 4. The average molecular weight is 703 g/mol. The number of benzene rings is 4. The normalized spacial score (nSPS) is 14.2. The van der Waals surface area contributed by atoms with Crippen LogP contribution in [0, 0.1) is 0 Å². The lowest BCUT2D eigenvalue weighted by atomic mass is 10.0. The molecule has 0 radical (unpaired) electrons. The molecule has 4 aromatic rings. The molecular formula is C42H46N4O6. The summed E-state index contributed by atoms with van der Waals surface area (Å²) in [6.45, 7) is 10.9. The Bertz CT molecular complexity index is 1730. The lowest BCUT2D eigenvalue weighted by molar-refractivity contribution is -0.198. The number of hydrogen-bond donors (Lipinski definition) is 0. The summed E-state index contributed by atoms with van der Waals surface area (Å²) in [6, 6.07) is 32.8. The number of amidine groups is 2. The van der Waals surface area contributed by atoms with Crippen LogP contribution in [0.2, 0.25) is 0 Å². The Hall–Kier alpha value is -5.32. The monoisotopic (exact) mass is 702 g/mol. The largest absolute Gasteiger partial charge is 0.444 e. The van der Waals surface area contributed by atoms with Crippen molar-refractivity contribution in [3.63, 3.8) is 0 Å². The molecule has 2 heterocycles. The topological polar surface area (TPSA) is 102 Å². The third-order valence-electron chi connectivity index (χ3n) is 8.61. The van der Waals surface area contributed by atoms with E-state index >= 15 is 0 Å². The Labute approximate surface area is 305 Å². The first kappa shape index (κ1) is 36.5. The van der Waals surface area contributed by atoms with E-state index in [2.05, 4.69) is 58.5 Å². The number of aliphatic imine (C=N–C) groups is 2. The van der Waals surface area contributed by atoms with Crippen LogP contribution in [0.4, 0.5) is 0 Å². The van der Waals surface area contributed by atoms with Gasteiger partial charge in [0.25, 0.3) is 0 Å². The highest BCUT2D eigenvalue weighted by atomic mass is 16.8. The lowest BCUT2D eigenvalue weighted by Gasteiger charge is -2.21. The number of carbonyl (C=O) groups is 2. The van der Waals surface area contributed by atoms with Gasteiger partial charge in [-0.15, -0.1) is 0 Å². The highest BCUT2D eigenvalue weighted by molar-refractivity contribution is 6.30. The zero-order chi connectivity index (χ0) is 36.5. The van der Waals surface area contributed by atoms with Gasteiger partial charge in [-0.2, -0.15) is 10.1 Å². The maximum atomic E-state index is 12.9. The molecule has 0 fully saturated rings. The van der Waals surface area contributed by atoms with Crippen molar-refractivity contribution in [2.75, 3.05) is 26.2 Å². The second kappa shape index (κ2) is 17.3. The van der Waals surface area contributed by atoms with E-state index in [1.54, 1.807) is 0 Å². The maximum Gasteiger partial charge on any atom is 0.444 e. The summed E-state index contributed by atoms with van der Waals surface area (Å²) in [5.74, 6) is -1.28. The van der Waals surface area contributed by atoms with Crippen molar-refractivity contribution in [1.29, 1.82) is 0 Å². The first-order chi connectivity index (χ1) is 25.2. The van der Waals surface area contributed by atoms with E-state index in [4.69, 9.17) is 19.1 Å². The van der Waals surface area contributed by atoms with Crippen LogP contribution >= 0.6 is 0 Å². The van der Waals surface area contributed by atoms with Gasteiger partial charge in [0.2, 0.25) is 0 Å². The van der Waals surface area contributed by atoms with Crippen LogP contribution in [0.15, 0.2) is 107 Å². The van der Waals surface area contributed by atoms with Crippen molar-refractivity contribution >= 4 is 23.6 Å². The predicted molar refractivity (Wildman–Crippen MR) is 200 cm³/mol. The maximum absolute atomic E-state index is 12.9. The van der Waals surface area contributed by atoms with Crippen LogP contribution in [-0.4, -0.2) is 72.1 Å². The minimum absolute atomic E-state index is 0.195. The van der Waals surface area contributed by atoms with Gasteiger partial charge in [-0.1, -0.05) is 97.1 Å². The van der Waals surface area contributed by atoms with Crippen LogP contribution in [0.3, 0.4) is 0 Å². The fourth-order valence-electron chi connectivity index (χ4n) is 5.83. The second-order valence-corrected chi connectivity index (χ2v) is 13.5. The highest BCUT2D eigenvalue weighted by Gasteiger charge is 2.31. The molecule has 0 saturated heterocycles. The molecule has 10 heteroatoms. The molecule has 0 saturated carbocycles. The van der Waals surface area contributed by atoms with Gasteiger partial charge in [-0.05, 0) is 73.9 Å². The molecule has 270 valence electrons. The summed E-state index contributed by atoms with van der Waals surface area (Å²) in [4.78, 5) is 45.8. The van der Waals surface area contributed by atoms with Crippen molar-refractivity contribution in [3.8, 4) is 0 Å². The Morgan fingerprint density at radius 2 is 0.827 bits per heavy atom. The SMILES string of the molecule is CC(C)OCc1ccc(Cc2ccc(C3=NCCN3OC(=O)C(=O)ON3CCN=C3c3ccc(Cc4ccc(COC(C)C)cc4)cc3)cc2)cc1. The first-order valence-electron chi connectivity index (χ1n) is 17.9. The minimum Gasteiger partial charge on any atom is -0.374 e. The Kier molecular flexibility index (Phi) is 12.1. The summed E-state index contributed by atoms with van der Waals surface area (Å²) >= 11 is 0. The van der Waals surface area contributed by atoms with E-state index in [1.807, 2.05) is 76.2 Å². The van der Waals surface area contributed by atoms with Crippen LogP contribution in [-0.2, 0) is 54.8 Å². The molecule has 0 atom stereocenters. The van der Waals surface area contributed by atoms with Crippen molar-refractivity contribution in [1.82, 2.24) is 10.1 Å². The van der Waals surface area contributed by atoms with Crippen LogP contribution in [0.5, 0.6) is 0 Å². The summed E-state index contributed by atoms with van der Waals surface area (Å²) in [5, 5.41) is 2.70. The number of ether oxygens (including phenoxy) is 2. The molecule has 4 aromatic carbocycles. The summed E-state index contributed by atoms with van der Waals surface area (Å²) < 4.78 is 11.4. The lowest BCUT2D eigenvalue weighted by Crippen LogP contribution is -2.39. The van der Waals surface area contributed by atoms with Gasteiger partial charge in [0.1, 0.15) is 0 Å².